The third-order valence-corrected chi connectivity index (χ3v) is 16.3. The summed E-state index contributed by atoms with van der Waals surface area (Å²) in [5.41, 5.74) is 0.637. The summed E-state index contributed by atoms with van der Waals surface area (Å²) in [5.74, 6) is 1.14. The number of carbonyl (C=O) groups is 2. The van der Waals surface area contributed by atoms with Crippen LogP contribution < -0.4 is 18.9 Å². The predicted octanol–water partition coefficient (Wildman–Crippen LogP) is 5.85. The first-order valence-electron chi connectivity index (χ1n) is 23.2. The first-order chi connectivity index (χ1) is 35.1. The lowest BCUT2D eigenvalue weighted by Crippen LogP contribution is -2.47. The molecule has 2 aromatic heterocycles. The highest BCUT2D eigenvalue weighted by Gasteiger charge is 2.46. The number of sulfonamides is 2. The summed E-state index contributed by atoms with van der Waals surface area (Å²) in [4.78, 5) is 24.9. The van der Waals surface area contributed by atoms with Crippen molar-refractivity contribution in [2.45, 2.75) is 73.0 Å². The molecule has 0 aliphatic carbocycles. The van der Waals surface area contributed by atoms with Crippen LogP contribution in [0, 0.1) is 0 Å². The Hall–Kier alpha value is -6.82. The molecule has 0 radical (unpaired) electrons. The van der Waals surface area contributed by atoms with Crippen LogP contribution in [0.3, 0.4) is 0 Å². The van der Waals surface area contributed by atoms with Gasteiger partial charge in [-0.1, -0.05) is 48.5 Å². The number of carboxylic acids is 1. The first-order valence-corrected chi connectivity index (χ1v) is 26.1. The van der Waals surface area contributed by atoms with E-state index < -0.39 is 43.1 Å². The summed E-state index contributed by atoms with van der Waals surface area (Å²) in [7, 11) is -0.546. The van der Waals surface area contributed by atoms with Crippen LogP contribution in [0.4, 0.5) is 0 Å². The van der Waals surface area contributed by atoms with Gasteiger partial charge in [0.1, 0.15) is 23.0 Å². The van der Waals surface area contributed by atoms with Gasteiger partial charge in [0.05, 0.1) is 35.5 Å². The fraction of sp³-hybridized carbons (Fsp3) is 0.373. The van der Waals surface area contributed by atoms with Gasteiger partial charge in [-0.25, -0.2) is 26.4 Å². The Morgan fingerprint density at radius 1 is 0.507 bits per heavy atom. The summed E-state index contributed by atoms with van der Waals surface area (Å²) in [6.45, 7) is 1.61. The molecule has 2 fully saturated rings. The Morgan fingerprint density at radius 2 is 0.795 bits per heavy atom. The highest BCUT2D eigenvalue weighted by molar-refractivity contribution is 7.89. The number of nitrogens with zero attached hydrogens (tertiary/aromatic N) is 6. The SMILES string of the molecule is COC(=O)C1(n2ccc(S(=O)(=O)N(Cc3ccc(OC)cc3)Cc3ccc(OC)cc3)n2)CCOCC1.COc1ccc(CN(Cc2ccc(OC)cc2)S(=O)(=O)c2ccn(C3(C(=O)O)CCOCC3)n2)cc1. The number of carbonyl (C=O) groups excluding carboxylic acids is 1. The maximum Gasteiger partial charge on any atom is 0.333 e. The molecule has 0 unspecified atom stereocenters. The molecule has 0 atom stereocenters. The minimum atomic E-state index is -4.08. The fourth-order valence-electron chi connectivity index (χ4n) is 8.50. The highest BCUT2D eigenvalue weighted by atomic mass is 32.2. The van der Waals surface area contributed by atoms with Crippen LogP contribution in [0.1, 0.15) is 47.9 Å². The van der Waals surface area contributed by atoms with Gasteiger partial charge in [-0.15, -0.1) is 0 Å². The van der Waals surface area contributed by atoms with Gasteiger partial charge in [0, 0.05) is 90.7 Å². The van der Waals surface area contributed by atoms with E-state index in [4.69, 9.17) is 33.2 Å². The van der Waals surface area contributed by atoms with E-state index in [1.54, 1.807) is 101 Å². The standard InChI is InChI=1S/C26H31N3O7S.C25H29N3O7S/c1-33-22-8-4-20(5-9-22)18-28(19-21-6-10-23(34-2)11-7-21)37(31,32)24-12-15-29(27-24)26(25(30)35-3)13-16-36-17-14-26;1-33-21-7-3-19(4-8-21)17-27(18-20-5-9-22(34-2)10-6-20)36(31,32)23-11-14-28(26-23)25(24(29)30)12-15-35-16-13-25/h4-12,15H,13-14,16-19H2,1-3H3;3-11,14H,12-13,15-18H2,1-2H3,(H,29,30). The van der Waals surface area contributed by atoms with Crippen LogP contribution in [0.15, 0.2) is 132 Å². The lowest BCUT2D eigenvalue weighted by Gasteiger charge is -2.34. The molecule has 20 nitrogen and oxygen atoms in total. The van der Waals surface area contributed by atoms with Gasteiger partial charge in [-0.3, -0.25) is 9.36 Å². The van der Waals surface area contributed by atoms with E-state index in [1.165, 1.54) is 49.6 Å². The number of esters is 1. The number of benzene rings is 4. The second kappa shape index (κ2) is 23.8. The van der Waals surface area contributed by atoms with E-state index in [0.717, 1.165) is 22.3 Å². The Bertz CT molecular complexity index is 2890. The van der Waals surface area contributed by atoms with Crippen molar-refractivity contribution < 1.29 is 64.7 Å². The third-order valence-electron chi connectivity index (χ3n) is 12.9. The van der Waals surface area contributed by atoms with Gasteiger partial charge in [-0.05, 0) is 82.9 Å². The van der Waals surface area contributed by atoms with Gasteiger partial charge in [0.25, 0.3) is 20.0 Å². The molecule has 2 aliphatic rings. The molecule has 4 aromatic carbocycles. The Morgan fingerprint density at radius 3 is 1.07 bits per heavy atom. The number of ether oxygens (including phenoxy) is 7. The molecular formula is C51H60N6O14S2. The van der Waals surface area contributed by atoms with Gasteiger partial charge in [0.2, 0.25) is 0 Å². The molecule has 6 aromatic rings. The lowest BCUT2D eigenvalue weighted by molar-refractivity contribution is -0.157. The van der Waals surface area contributed by atoms with Crippen LogP contribution in [-0.2, 0) is 81.1 Å². The summed E-state index contributed by atoms with van der Waals surface area (Å²) >= 11 is 0. The van der Waals surface area contributed by atoms with Crippen LogP contribution in [0.2, 0.25) is 0 Å². The van der Waals surface area contributed by atoms with E-state index in [0.29, 0.717) is 49.1 Å². The van der Waals surface area contributed by atoms with E-state index in [1.807, 2.05) is 24.3 Å². The van der Waals surface area contributed by atoms with Gasteiger partial charge >= 0.3 is 11.9 Å². The second-order valence-corrected chi connectivity index (χ2v) is 21.0. The van der Waals surface area contributed by atoms with Crippen LogP contribution in [0.25, 0.3) is 0 Å². The Balaban J connectivity index is 0.000000214. The number of hydrogen-bond acceptors (Lipinski definition) is 15. The zero-order chi connectivity index (χ0) is 52.2. The van der Waals surface area contributed by atoms with Crippen molar-refractivity contribution in [3.05, 3.63) is 144 Å². The molecule has 1 N–H and O–H groups in total. The van der Waals surface area contributed by atoms with Crippen molar-refractivity contribution in [3.8, 4) is 23.0 Å². The van der Waals surface area contributed by atoms with E-state index in [2.05, 4.69) is 10.2 Å². The smallest absolute Gasteiger partial charge is 0.333 e. The number of aliphatic carboxylic acids is 1. The van der Waals surface area contributed by atoms with Crippen molar-refractivity contribution in [2.24, 2.45) is 0 Å². The van der Waals surface area contributed by atoms with Crippen molar-refractivity contribution in [2.75, 3.05) is 62.0 Å². The molecule has 0 amide bonds. The predicted molar refractivity (Wildman–Crippen MR) is 265 cm³/mol. The van der Waals surface area contributed by atoms with Crippen molar-refractivity contribution >= 4 is 32.0 Å². The number of methoxy groups -OCH3 is 5. The van der Waals surface area contributed by atoms with E-state index in [9.17, 15) is 31.5 Å². The van der Waals surface area contributed by atoms with Gasteiger partial charge < -0.3 is 38.3 Å². The Labute approximate surface area is 425 Å². The summed E-state index contributed by atoms with van der Waals surface area (Å²) < 4.78 is 97.3. The van der Waals surface area contributed by atoms with E-state index in [-0.39, 0.29) is 62.3 Å². The zero-order valence-corrected chi connectivity index (χ0v) is 42.9. The molecule has 0 bridgehead atoms. The van der Waals surface area contributed by atoms with Crippen LogP contribution in [-0.4, -0.2) is 124 Å². The maximum absolute atomic E-state index is 13.9. The number of carboxylic acid groups (broad SMARTS) is 1. The van der Waals surface area contributed by atoms with Crippen molar-refractivity contribution in [3.63, 3.8) is 0 Å². The zero-order valence-electron chi connectivity index (χ0n) is 41.3. The number of rotatable bonds is 20. The topological polar surface area (TPSA) is 229 Å². The normalized spacial score (nSPS) is 15.4. The average Bonchev–Trinajstić information content (AvgIpc) is 4.15. The largest absolute Gasteiger partial charge is 0.497 e. The Kier molecular flexibility index (Phi) is 17.6. The summed E-state index contributed by atoms with van der Waals surface area (Å²) in [6.07, 6.45) is 4.01. The molecule has 0 spiro atoms. The molecule has 4 heterocycles. The fourth-order valence-corrected chi connectivity index (χ4v) is 11.1. The lowest BCUT2D eigenvalue weighted by atomic mass is 9.90. The van der Waals surface area contributed by atoms with Crippen molar-refractivity contribution in [1.82, 2.24) is 28.2 Å². The van der Waals surface area contributed by atoms with Crippen LogP contribution in [0.5, 0.6) is 23.0 Å². The van der Waals surface area contributed by atoms with Gasteiger partial charge in [0.15, 0.2) is 21.1 Å². The molecule has 390 valence electrons. The monoisotopic (exact) mass is 1040 g/mol. The van der Waals surface area contributed by atoms with E-state index >= 15 is 0 Å². The first kappa shape index (κ1) is 54.0. The molecule has 22 heteroatoms. The quantitative estimate of drug-likeness (QED) is 0.0884. The summed E-state index contributed by atoms with van der Waals surface area (Å²) in [5, 5.41) is 18.2. The average molecular weight is 1050 g/mol. The van der Waals surface area contributed by atoms with Gasteiger partial charge in [-0.2, -0.15) is 18.8 Å². The van der Waals surface area contributed by atoms with Crippen LogP contribution >= 0.6 is 0 Å². The summed E-state index contributed by atoms with van der Waals surface area (Å²) in [6, 6.07) is 31.5. The second-order valence-electron chi connectivity index (χ2n) is 17.2. The molecule has 2 aliphatic heterocycles. The maximum atomic E-state index is 13.9. The number of hydrogen-bond donors (Lipinski definition) is 1. The third kappa shape index (κ3) is 12.3. The molecular weight excluding hydrogens is 985 g/mol. The molecule has 0 saturated carbocycles. The minimum Gasteiger partial charge on any atom is -0.497 e. The highest BCUT2D eigenvalue weighted by Crippen LogP contribution is 2.33. The minimum absolute atomic E-state index is 0.0864. The molecule has 8 rings (SSSR count). The molecule has 2 saturated heterocycles. The molecule has 73 heavy (non-hydrogen) atoms. The number of aromatic nitrogens is 4. The van der Waals surface area contributed by atoms with Crippen molar-refractivity contribution in [1.29, 1.82) is 0 Å².